The maximum atomic E-state index is 13.1. The van der Waals surface area contributed by atoms with Gasteiger partial charge in [0, 0.05) is 34.0 Å². The fraction of sp³-hybridized carbons (Fsp3) is 0.417. The number of methoxy groups -OCH3 is 1. The lowest BCUT2D eigenvalue weighted by molar-refractivity contribution is -0.132. The Kier molecular flexibility index (Phi) is 8.92. The third kappa shape index (κ3) is 6.79. The van der Waals surface area contributed by atoms with Gasteiger partial charge in [0.05, 0.1) is 18.9 Å². The second kappa shape index (κ2) is 11.5. The molecule has 0 radical (unpaired) electrons. The molecule has 9 heteroatoms. The van der Waals surface area contributed by atoms with Crippen LogP contribution in [0, 0.1) is 0 Å². The number of nitrogens with zero attached hydrogens (tertiary/aromatic N) is 1. The lowest BCUT2D eigenvalue weighted by Crippen LogP contribution is -2.37. The number of hydrogen-bond donors (Lipinski definition) is 2. The summed E-state index contributed by atoms with van der Waals surface area (Å²) in [5, 5.41) is 13.1. The molecule has 0 aliphatic heterocycles. The number of aliphatic hydroxyl groups is 1. The number of aliphatic hydroxyl groups excluding tert-OH is 1. The van der Waals surface area contributed by atoms with Gasteiger partial charge < -0.3 is 19.9 Å². The first kappa shape index (κ1) is 25.7. The van der Waals surface area contributed by atoms with Crippen molar-refractivity contribution in [3.8, 4) is 11.5 Å². The van der Waals surface area contributed by atoms with Crippen LogP contribution in [0.3, 0.4) is 0 Å². The maximum Gasteiger partial charge on any atom is 0.308 e. The van der Waals surface area contributed by atoms with Crippen LogP contribution < -0.4 is 14.8 Å². The number of hydrogen-bond acceptors (Lipinski definition) is 6. The molecule has 0 aromatic heterocycles. The number of halogens is 2. The SMILES string of the molecule is COc1cc(C(=O)Nc2c(Br)cc(Br)cc2CN(C)[C@@H]2CCC[C@@H](O)C2)ccc1OC(C)=O. The molecule has 178 valence electrons. The summed E-state index contributed by atoms with van der Waals surface area (Å²) in [4.78, 5) is 26.6. The number of carbonyl (C=O) groups excluding carboxylic acids is 2. The number of carbonyl (C=O) groups is 2. The average molecular weight is 584 g/mol. The van der Waals surface area contributed by atoms with Gasteiger partial charge in [-0.2, -0.15) is 0 Å². The van der Waals surface area contributed by atoms with Crippen LogP contribution in [0.2, 0.25) is 0 Å². The van der Waals surface area contributed by atoms with E-state index in [9.17, 15) is 14.7 Å². The Labute approximate surface area is 210 Å². The lowest BCUT2D eigenvalue weighted by atomic mass is 9.92. The quantitative estimate of drug-likeness (QED) is 0.347. The number of ether oxygens (including phenoxy) is 2. The van der Waals surface area contributed by atoms with Crippen LogP contribution in [0.1, 0.15) is 48.5 Å². The van der Waals surface area contributed by atoms with Gasteiger partial charge in [-0.3, -0.25) is 14.5 Å². The standard InChI is InChI=1S/C24H28Br2N2O5/c1-14(29)33-21-8-7-15(10-22(21)32-3)24(31)27-23-16(9-17(25)11-20(23)26)13-28(2)18-5-4-6-19(30)12-18/h7-11,18-19,30H,4-6,12-13H2,1-3H3,(H,27,31)/t18-,19-/m1/s1. The van der Waals surface area contributed by atoms with Crippen molar-refractivity contribution in [1.29, 1.82) is 0 Å². The third-order valence-electron chi connectivity index (χ3n) is 5.72. The second-order valence-corrected chi connectivity index (χ2v) is 9.99. The summed E-state index contributed by atoms with van der Waals surface area (Å²) in [5.74, 6) is -0.238. The zero-order valence-electron chi connectivity index (χ0n) is 18.9. The van der Waals surface area contributed by atoms with E-state index in [1.54, 1.807) is 6.07 Å². The van der Waals surface area contributed by atoms with Gasteiger partial charge in [-0.1, -0.05) is 15.9 Å². The van der Waals surface area contributed by atoms with Gasteiger partial charge in [0.2, 0.25) is 0 Å². The van der Waals surface area contributed by atoms with E-state index in [0.717, 1.165) is 40.2 Å². The number of esters is 1. The molecule has 2 atom stereocenters. The normalized spacial score (nSPS) is 18.2. The summed E-state index contributed by atoms with van der Waals surface area (Å²) in [6.07, 6.45) is 3.39. The molecule has 1 fully saturated rings. The molecule has 0 unspecified atom stereocenters. The van der Waals surface area contributed by atoms with Gasteiger partial charge >= 0.3 is 5.97 Å². The molecule has 1 amide bonds. The Bertz CT molecular complexity index is 1030. The maximum absolute atomic E-state index is 13.1. The summed E-state index contributed by atoms with van der Waals surface area (Å²) in [6.45, 7) is 1.91. The number of anilines is 1. The van der Waals surface area contributed by atoms with Crippen LogP contribution in [0.15, 0.2) is 39.3 Å². The van der Waals surface area contributed by atoms with Crippen LogP contribution >= 0.6 is 31.9 Å². The molecule has 0 saturated heterocycles. The van der Waals surface area contributed by atoms with Crippen LogP contribution in [0.25, 0.3) is 0 Å². The minimum absolute atomic E-state index is 0.253. The van der Waals surface area contributed by atoms with Crippen LogP contribution in [-0.4, -0.2) is 48.2 Å². The van der Waals surface area contributed by atoms with Crippen molar-refractivity contribution in [3.05, 3.63) is 50.4 Å². The van der Waals surface area contributed by atoms with Crippen LogP contribution in [0.4, 0.5) is 5.69 Å². The molecular formula is C24H28Br2N2O5. The molecule has 0 bridgehead atoms. The number of rotatable bonds is 7. The van der Waals surface area contributed by atoms with Gasteiger partial charge in [-0.15, -0.1) is 0 Å². The van der Waals surface area contributed by atoms with Gasteiger partial charge in [0.25, 0.3) is 5.91 Å². The van der Waals surface area contributed by atoms with E-state index in [2.05, 4.69) is 42.1 Å². The topological polar surface area (TPSA) is 88.1 Å². The van der Waals surface area contributed by atoms with E-state index < -0.39 is 5.97 Å². The first-order chi connectivity index (χ1) is 15.7. The number of nitrogens with one attached hydrogen (secondary N) is 1. The fourth-order valence-electron chi connectivity index (χ4n) is 4.06. The lowest BCUT2D eigenvalue weighted by Gasteiger charge is -2.34. The zero-order chi connectivity index (χ0) is 24.1. The van der Waals surface area contributed by atoms with Gasteiger partial charge in [-0.25, -0.2) is 0 Å². The number of benzene rings is 2. The summed E-state index contributed by atoms with van der Waals surface area (Å²) < 4.78 is 12.0. The van der Waals surface area contributed by atoms with Gasteiger partial charge in [0.1, 0.15) is 0 Å². The van der Waals surface area contributed by atoms with Crippen molar-refractivity contribution in [2.75, 3.05) is 19.5 Å². The predicted molar refractivity (Wildman–Crippen MR) is 134 cm³/mol. The van der Waals surface area contributed by atoms with Crippen LogP contribution in [-0.2, 0) is 11.3 Å². The summed E-state index contributed by atoms with van der Waals surface area (Å²) >= 11 is 7.12. The van der Waals surface area contributed by atoms with Gasteiger partial charge in [0.15, 0.2) is 11.5 Å². The molecule has 1 saturated carbocycles. The smallest absolute Gasteiger partial charge is 0.308 e. The van der Waals surface area contributed by atoms with Crippen molar-refractivity contribution in [1.82, 2.24) is 4.90 Å². The zero-order valence-corrected chi connectivity index (χ0v) is 22.0. The van der Waals surface area contributed by atoms with Crippen molar-refractivity contribution >= 4 is 49.4 Å². The Balaban J connectivity index is 1.83. The van der Waals surface area contributed by atoms with Crippen molar-refractivity contribution < 1.29 is 24.2 Å². The van der Waals surface area contributed by atoms with Crippen molar-refractivity contribution in [2.24, 2.45) is 0 Å². The van der Waals surface area contributed by atoms with E-state index in [0.29, 0.717) is 23.5 Å². The first-order valence-electron chi connectivity index (χ1n) is 10.7. The van der Waals surface area contributed by atoms with Crippen LogP contribution in [0.5, 0.6) is 11.5 Å². The minimum Gasteiger partial charge on any atom is -0.493 e. The fourth-order valence-corrected chi connectivity index (χ4v) is 5.48. The van der Waals surface area contributed by atoms with Gasteiger partial charge in [-0.05, 0) is 84.6 Å². The molecule has 3 rings (SSSR count). The molecule has 33 heavy (non-hydrogen) atoms. The Hall–Kier alpha value is -1.94. The molecule has 1 aliphatic rings. The van der Waals surface area contributed by atoms with E-state index in [1.165, 1.54) is 26.2 Å². The van der Waals surface area contributed by atoms with E-state index in [1.807, 2.05) is 19.2 Å². The number of amides is 1. The third-order valence-corrected chi connectivity index (χ3v) is 6.80. The van der Waals surface area contributed by atoms with E-state index in [4.69, 9.17) is 9.47 Å². The molecule has 2 aromatic carbocycles. The largest absolute Gasteiger partial charge is 0.493 e. The Morgan fingerprint density at radius 1 is 1.18 bits per heavy atom. The molecule has 7 nitrogen and oxygen atoms in total. The minimum atomic E-state index is -0.469. The molecule has 2 N–H and O–H groups in total. The van der Waals surface area contributed by atoms with E-state index >= 15 is 0 Å². The molecule has 2 aromatic rings. The highest BCUT2D eigenvalue weighted by Gasteiger charge is 2.25. The summed E-state index contributed by atoms with van der Waals surface area (Å²) in [7, 11) is 3.49. The van der Waals surface area contributed by atoms with Crippen molar-refractivity contribution in [2.45, 2.75) is 51.3 Å². The highest BCUT2D eigenvalue weighted by molar-refractivity contribution is 9.11. The highest BCUT2D eigenvalue weighted by Crippen LogP contribution is 2.34. The summed E-state index contributed by atoms with van der Waals surface area (Å²) in [6, 6.07) is 8.81. The summed E-state index contributed by atoms with van der Waals surface area (Å²) in [5.41, 5.74) is 1.98. The Morgan fingerprint density at radius 2 is 1.94 bits per heavy atom. The molecular weight excluding hydrogens is 556 g/mol. The first-order valence-corrected chi connectivity index (χ1v) is 12.3. The Morgan fingerprint density at radius 3 is 2.61 bits per heavy atom. The second-order valence-electron chi connectivity index (χ2n) is 8.22. The monoisotopic (exact) mass is 582 g/mol. The highest BCUT2D eigenvalue weighted by atomic mass is 79.9. The average Bonchev–Trinajstić information content (AvgIpc) is 2.75. The molecule has 0 heterocycles. The van der Waals surface area contributed by atoms with Crippen molar-refractivity contribution in [3.63, 3.8) is 0 Å². The van der Waals surface area contributed by atoms with E-state index in [-0.39, 0.29) is 23.8 Å². The predicted octanol–water partition coefficient (Wildman–Crippen LogP) is 5.13. The molecule has 1 aliphatic carbocycles. The molecule has 0 spiro atoms.